The summed E-state index contributed by atoms with van der Waals surface area (Å²) in [5.41, 5.74) is 2.57. The molecule has 0 radical (unpaired) electrons. The Morgan fingerprint density at radius 3 is 2.42 bits per heavy atom. The zero-order valence-electron chi connectivity index (χ0n) is 19.0. The van der Waals surface area contributed by atoms with E-state index in [4.69, 9.17) is 4.99 Å². The van der Waals surface area contributed by atoms with Crippen molar-refractivity contribution in [1.29, 1.82) is 0 Å². The summed E-state index contributed by atoms with van der Waals surface area (Å²) in [4.78, 5) is 7.29. The van der Waals surface area contributed by atoms with Crippen LogP contribution in [0.1, 0.15) is 38.2 Å². The minimum Gasteiger partial charge on any atom is -0.369 e. The van der Waals surface area contributed by atoms with Crippen molar-refractivity contribution in [2.75, 3.05) is 50.4 Å². The Bertz CT molecular complexity index is 808. The quantitative estimate of drug-likeness (QED) is 0.317. The van der Waals surface area contributed by atoms with E-state index in [0.29, 0.717) is 25.0 Å². The van der Waals surface area contributed by atoms with E-state index >= 15 is 0 Å². The number of anilines is 1. The third-order valence-electron chi connectivity index (χ3n) is 6.06. The van der Waals surface area contributed by atoms with Crippen LogP contribution < -0.4 is 15.5 Å². The average molecular weight is 564 g/mol. The number of guanidine groups is 1. The average Bonchev–Trinajstić information content (AvgIpc) is 2.73. The Kier molecular flexibility index (Phi) is 10.3. The second kappa shape index (κ2) is 12.2. The van der Waals surface area contributed by atoms with Crippen LogP contribution in [0, 0.1) is 12.8 Å². The predicted octanol–water partition coefficient (Wildman–Crippen LogP) is 2.81. The number of hydrogen-bond acceptors (Lipinski definition) is 4. The van der Waals surface area contributed by atoms with E-state index in [0.717, 1.165) is 57.8 Å². The molecule has 2 fully saturated rings. The molecule has 0 spiro atoms. The molecule has 1 unspecified atom stereocenters. The van der Waals surface area contributed by atoms with Crippen LogP contribution in [0.25, 0.3) is 0 Å². The van der Waals surface area contributed by atoms with E-state index in [1.807, 2.05) is 0 Å². The van der Waals surface area contributed by atoms with Gasteiger partial charge in [0.25, 0.3) is 0 Å². The zero-order chi connectivity index (χ0) is 21.6. The minimum absolute atomic E-state index is 0. The third kappa shape index (κ3) is 8.09. The van der Waals surface area contributed by atoms with Gasteiger partial charge in [-0.2, -0.15) is 0 Å². The molecule has 1 aromatic carbocycles. The van der Waals surface area contributed by atoms with E-state index in [-0.39, 0.29) is 24.0 Å². The molecule has 0 aromatic heterocycles. The molecule has 0 bridgehead atoms. The van der Waals surface area contributed by atoms with Crippen molar-refractivity contribution in [3.63, 3.8) is 0 Å². The van der Waals surface area contributed by atoms with Gasteiger partial charge in [-0.05, 0) is 57.6 Å². The number of aryl methyl sites for hydroxylation is 1. The maximum atomic E-state index is 11.7. The standard InChI is InChI=1S/C22H37N5O2S.HI/c1-4-23-22(24-16-19-11-14-27(15-12-19)30(3,28)29)25-20-6-5-13-26(17-20)21-9-7-18(2)8-10-21;/h7-10,19-20H,4-6,11-17H2,1-3H3,(H2,23,24,25);1H. The lowest BCUT2D eigenvalue weighted by Gasteiger charge is -2.35. The van der Waals surface area contributed by atoms with Crippen LogP contribution in [0.3, 0.4) is 0 Å². The van der Waals surface area contributed by atoms with Gasteiger partial charge in [0.05, 0.1) is 6.26 Å². The number of nitrogens with zero attached hydrogens (tertiary/aromatic N) is 3. The van der Waals surface area contributed by atoms with Crippen molar-refractivity contribution >= 4 is 45.6 Å². The van der Waals surface area contributed by atoms with Gasteiger partial charge in [-0.15, -0.1) is 24.0 Å². The van der Waals surface area contributed by atoms with Gasteiger partial charge < -0.3 is 15.5 Å². The highest BCUT2D eigenvalue weighted by Gasteiger charge is 2.25. The summed E-state index contributed by atoms with van der Waals surface area (Å²) in [6, 6.07) is 9.13. The molecule has 0 aliphatic carbocycles. The fourth-order valence-electron chi connectivity index (χ4n) is 4.24. The molecule has 2 aliphatic rings. The smallest absolute Gasteiger partial charge is 0.211 e. The normalized spacial score (nSPS) is 21.5. The van der Waals surface area contributed by atoms with Gasteiger partial charge in [0, 0.05) is 51.0 Å². The van der Waals surface area contributed by atoms with E-state index in [9.17, 15) is 8.42 Å². The second-order valence-electron chi connectivity index (χ2n) is 8.59. The molecule has 31 heavy (non-hydrogen) atoms. The van der Waals surface area contributed by atoms with Crippen molar-refractivity contribution in [3.8, 4) is 0 Å². The van der Waals surface area contributed by atoms with Gasteiger partial charge in [-0.1, -0.05) is 17.7 Å². The highest BCUT2D eigenvalue weighted by atomic mass is 127. The molecule has 2 saturated heterocycles. The van der Waals surface area contributed by atoms with Gasteiger partial charge in [0.1, 0.15) is 0 Å². The summed E-state index contributed by atoms with van der Waals surface area (Å²) in [5.74, 6) is 1.31. The number of aliphatic imine (C=N–C) groups is 1. The summed E-state index contributed by atoms with van der Waals surface area (Å²) >= 11 is 0. The van der Waals surface area contributed by atoms with E-state index in [1.54, 1.807) is 4.31 Å². The van der Waals surface area contributed by atoms with Crippen LogP contribution in [0.4, 0.5) is 5.69 Å². The van der Waals surface area contributed by atoms with Gasteiger partial charge in [0.2, 0.25) is 10.0 Å². The topological polar surface area (TPSA) is 77.0 Å². The molecule has 7 nitrogen and oxygen atoms in total. The van der Waals surface area contributed by atoms with E-state index in [2.05, 4.69) is 53.6 Å². The third-order valence-corrected chi connectivity index (χ3v) is 7.36. The van der Waals surface area contributed by atoms with Crippen LogP contribution in [0.5, 0.6) is 0 Å². The highest BCUT2D eigenvalue weighted by Crippen LogP contribution is 2.21. The Hall–Kier alpha value is -1.07. The van der Waals surface area contributed by atoms with Crippen LogP contribution in [-0.4, -0.2) is 70.2 Å². The zero-order valence-corrected chi connectivity index (χ0v) is 22.2. The molecule has 2 aliphatic heterocycles. The first-order valence-corrected chi connectivity index (χ1v) is 13.0. The van der Waals surface area contributed by atoms with Crippen molar-refractivity contribution in [3.05, 3.63) is 29.8 Å². The maximum absolute atomic E-state index is 11.7. The molecule has 2 heterocycles. The molecule has 0 saturated carbocycles. The summed E-state index contributed by atoms with van der Waals surface area (Å²) in [7, 11) is -3.07. The molecule has 1 atom stereocenters. The number of sulfonamides is 1. The van der Waals surface area contributed by atoms with Crippen molar-refractivity contribution in [2.45, 2.75) is 45.6 Å². The number of halogens is 1. The lowest BCUT2D eigenvalue weighted by atomic mass is 9.98. The molecule has 176 valence electrons. The van der Waals surface area contributed by atoms with Crippen LogP contribution in [0.2, 0.25) is 0 Å². The Morgan fingerprint density at radius 1 is 1.13 bits per heavy atom. The molecule has 1 aromatic rings. The highest BCUT2D eigenvalue weighted by molar-refractivity contribution is 14.0. The maximum Gasteiger partial charge on any atom is 0.211 e. The lowest BCUT2D eigenvalue weighted by molar-refractivity contribution is 0.280. The molecule has 3 rings (SSSR count). The van der Waals surface area contributed by atoms with E-state index < -0.39 is 10.0 Å². The number of nitrogens with one attached hydrogen (secondary N) is 2. The van der Waals surface area contributed by atoms with Crippen LogP contribution in [-0.2, 0) is 10.0 Å². The van der Waals surface area contributed by atoms with Gasteiger partial charge in [-0.25, -0.2) is 12.7 Å². The van der Waals surface area contributed by atoms with Crippen LogP contribution >= 0.6 is 24.0 Å². The summed E-state index contributed by atoms with van der Waals surface area (Å²) < 4.78 is 25.0. The molecule has 9 heteroatoms. The molecular formula is C22H38IN5O2S. The first-order chi connectivity index (χ1) is 14.3. The first kappa shape index (κ1) is 26.2. The lowest BCUT2D eigenvalue weighted by Crippen LogP contribution is -2.51. The molecule has 0 amide bonds. The summed E-state index contributed by atoms with van der Waals surface area (Å²) in [6.45, 7) is 9.05. The monoisotopic (exact) mass is 563 g/mol. The van der Waals surface area contributed by atoms with Gasteiger partial charge in [-0.3, -0.25) is 4.99 Å². The Morgan fingerprint density at radius 2 is 1.81 bits per heavy atom. The van der Waals surface area contributed by atoms with Crippen molar-refractivity contribution < 1.29 is 8.42 Å². The Balaban J connectivity index is 0.00000341. The SMILES string of the molecule is CCNC(=NCC1CCN(S(C)(=O)=O)CC1)NC1CCCN(c2ccc(C)cc2)C1.I. The fourth-order valence-corrected chi connectivity index (χ4v) is 5.12. The second-order valence-corrected chi connectivity index (χ2v) is 10.6. The summed E-state index contributed by atoms with van der Waals surface area (Å²) in [6.07, 6.45) is 5.35. The number of piperidine rings is 2. The van der Waals surface area contributed by atoms with Gasteiger partial charge >= 0.3 is 0 Å². The molecule has 2 N–H and O–H groups in total. The largest absolute Gasteiger partial charge is 0.369 e. The molecular weight excluding hydrogens is 525 g/mol. The minimum atomic E-state index is -3.07. The van der Waals surface area contributed by atoms with Crippen molar-refractivity contribution in [1.82, 2.24) is 14.9 Å². The van der Waals surface area contributed by atoms with Gasteiger partial charge in [0.15, 0.2) is 5.96 Å². The predicted molar refractivity (Wildman–Crippen MR) is 140 cm³/mol. The first-order valence-electron chi connectivity index (χ1n) is 11.2. The van der Waals surface area contributed by atoms with Crippen LogP contribution in [0.15, 0.2) is 29.3 Å². The van der Waals surface area contributed by atoms with E-state index in [1.165, 1.54) is 17.5 Å². The fraction of sp³-hybridized carbons (Fsp3) is 0.682. The van der Waals surface area contributed by atoms with Crippen molar-refractivity contribution in [2.24, 2.45) is 10.9 Å². The number of rotatable bonds is 6. The number of benzene rings is 1. The Labute approximate surface area is 205 Å². The number of hydrogen-bond donors (Lipinski definition) is 2. The summed E-state index contributed by atoms with van der Waals surface area (Å²) in [5, 5.41) is 7.01.